The van der Waals surface area contributed by atoms with Gasteiger partial charge in [-0.05, 0) is 55.8 Å². The van der Waals surface area contributed by atoms with E-state index in [0.29, 0.717) is 19.6 Å². The molecule has 3 aromatic carbocycles. The minimum absolute atomic E-state index is 0.0481. The minimum Gasteiger partial charge on any atom is -0.494 e. The van der Waals surface area contributed by atoms with Gasteiger partial charge in [-0.3, -0.25) is 4.79 Å². The van der Waals surface area contributed by atoms with Crippen molar-refractivity contribution in [1.29, 1.82) is 0 Å². The number of para-hydroxylation sites is 2. The lowest BCUT2D eigenvalue weighted by Crippen LogP contribution is -2.24. The van der Waals surface area contributed by atoms with Crippen molar-refractivity contribution in [3.8, 4) is 5.75 Å². The lowest BCUT2D eigenvalue weighted by atomic mass is 10.1. The molecule has 5 nitrogen and oxygen atoms in total. The molecule has 1 unspecified atom stereocenters. The summed E-state index contributed by atoms with van der Waals surface area (Å²) in [7, 11) is 0. The van der Waals surface area contributed by atoms with Gasteiger partial charge in [0.2, 0.25) is 5.91 Å². The van der Waals surface area contributed by atoms with Crippen LogP contribution in [0.3, 0.4) is 0 Å². The molecular formula is C27H27N3O2. The number of nitrogens with zero attached hydrogens (tertiary/aromatic N) is 3. The monoisotopic (exact) mass is 425 g/mol. The van der Waals surface area contributed by atoms with Crippen LogP contribution in [-0.2, 0) is 11.3 Å². The highest BCUT2D eigenvalue weighted by Crippen LogP contribution is 2.34. The summed E-state index contributed by atoms with van der Waals surface area (Å²) >= 11 is 0. The molecule has 1 aliphatic rings. The second kappa shape index (κ2) is 8.50. The number of ether oxygens (including phenoxy) is 1. The number of carbonyl (C=O) groups excluding carboxylic acids is 1. The maximum absolute atomic E-state index is 12.9. The molecule has 0 N–H and O–H groups in total. The number of carbonyl (C=O) groups is 1. The van der Waals surface area contributed by atoms with Crippen LogP contribution < -0.4 is 9.64 Å². The van der Waals surface area contributed by atoms with Crippen molar-refractivity contribution in [2.24, 2.45) is 0 Å². The fourth-order valence-electron chi connectivity index (χ4n) is 4.47. The largest absolute Gasteiger partial charge is 0.494 e. The summed E-state index contributed by atoms with van der Waals surface area (Å²) in [6.07, 6.45) is 0.463. The molecule has 1 aliphatic heterocycles. The maximum atomic E-state index is 12.9. The topological polar surface area (TPSA) is 47.4 Å². The van der Waals surface area contributed by atoms with Crippen LogP contribution in [0.4, 0.5) is 5.69 Å². The van der Waals surface area contributed by atoms with Gasteiger partial charge in [0.1, 0.15) is 11.6 Å². The maximum Gasteiger partial charge on any atom is 0.227 e. The Morgan fingerprint density at radius 2 is 1.75 bits per heavy atom. The first-order valence-corrected chi connectivity index (χ1v) is 11.2. The van der Waals surface area contributed by atoms with Crippen molar-refractivity contribution in [2.75, 3.05) is 18.1 Å². The van der Waals surface area contributed by atoms with E-state index < -0.39 is 0 Å². The van der Waals surface area contributed by atoms with Gasteiger partial charge in [0.25, 0.3) is 0 Å². The first-order chi connectivity index (χ1) is 15.6. The Kier molecular flexibility index (Phi) is 5.39. The van der Waals surface area contributed by atoms with Crippen molar-refractivity contribution in [2.45, 2.75) is 32.7 Å². The Balaban J connectivity index is 1.46. The Hall–Kier alpha value is -3.60. The lowest BCUT2D eigenvalue weighted by molar-refractivity contribution is -0.117. The van der Waals surface area contributed by atoms with Crippen LogP contribution in [0.5, 0.6) is 5.75 Å². The van der Waals surface area contributed by atoms with E-state index in [4.69, 9.17) is 9.72 Å². The molecule has 1 aromatic heterocycles. The summed E-state index contributed by atoms with van der Waals surface area (Å²) in [4.78, 5) is 19.8. The van der Waals surface area contributed by atoms with Gasteiger partial charge < -0.3 is 14.2 Å². The number of aryl methyl sites for hydroxylation is 1. The molecular weight excluding hydrogens is 398 g/mol. The third kappa shape index (κ3) is 3.86. The van der Waals surface area contributed by atoms with E-state index >= 15 is 0 Å². The van der Waals surface area contributed by atoms with Crippen LogP contribution >= 0.6 is 0 Å². The molecule has 1 atom stereocenters. The first-order valence-electron chi connectivity index (χ1n) is 11.2. The Bertz CT molecular complexity index is 1240. The quantitative estimate of drug-likeness (QED) is 0.420. The number of anilines is 1. The Morgan fingerprint density at radius 1 is 1.00 bits per heavy atom. The van der Waals surface area contributed by atoms with Crippen molar-refractivity contribution in [3.05, 3.63) is 89.7 Å². The van der Waals surface area contributed by atoms with E-state index in [0.717, 1.165) is 34.8 Å². The van der Waals surface area contributed by atoms with Gasteiger partial charge in [0.05, 0.1) is 17.6 Å². The number of hydrogen-bond donors (Lipinski definition) is 0. The summed E-state index contributed by atoms with van der Waals surface area (Å²) in [6.45, 7) is 6.06. The SMILES string of the molecule is CCOc1ccc(N2CC(c3nc4ccccc4n3Cc3ccc(C)cc3)CC2=O)cc1. The molecule has 5 rings (SSSR count). The van der Waals surface area contributed by atoms with Crippen LogP contribution in [0.2, 0.25) is 0 Å². The van der Waals surface area contributed by atoms with Crippen molar-refractivity contribution >= 4 is 22.6 Å². The average Bonchev–Trinajstić information content (AvgIpc) is 3.37. The molecule has 162 valence electrons. The zero-order valence-electron chi connectivity index (χ0n) is 18.5. The van der Waals surface area contributed by atoms with E-state index in [2.05, 4.69) is 41.8 Å². The second-order valence-electron chi connectivity index (χ2n) is 8.36. The number of aromatic nitrogens is 2. The molecule has 1 amide bonds. The van der Waals surface area contributed by atoms with E-state index in [1.54, 1.807) is 0 Å². The molecule has 0 radical (unpaired) electrons. The van der Waals surface area contributed by atoms with Crippen LogP contribution in [0.15, 0.2) is 72.8 Å². The summed E-state index contributed by atoms with van der Waals surface area (Å²) in [5, 5.41) is 0. The van der Waals surface area contributed by atoms with E-state index in [-0.39, 0.29) is 11.8 Å². The van der Waals surface area contributed by atoms with Crippen LogP contribution in [0.1, 0.15) is 36.2 Å². The third-order valence-corrected chi connectivity index (χ3v) is 6.09. The lowest BCUT2D eigenvalue weighted by Gasteiger charge is -2.18. The second-order valence-corrected chi connectivity index (χ2v) is 8.36. The summed E-state index contributed by atoms with van der Waals surface area (Å²) in [5.41, 5.74) is 5.46. The highest BCUT2D eigenvalue weighted by atomic mass is 16.5. The highest BCUT2D eigenvalue weighted by Gasteiger charge is 2.34. The van der Waals surface area contributed by atoms with Gasteiger partial charge in [-0.1, -0.05) is 42.0 Å². The fourth-order valence-corrected chi connectivity index (χ4v) is 4.47. The molecule has 0 spiro atoms. The van der Waals surface area contributed by atoms with Crippen molar-refractivity contribution < 1.29 is 9.53 Å². The summed E-state index contributed by atoms with van der Waals surface area (Å²) in [6, 6.07) is 24.6. The minimum atomic E-state index is 0.0481. The molecule has 2 heterocycles. The normalized spacial score (nSPS) is 16.1. The molecule has 32 heavy (non-hydrogen) atoms. The molecule has 1 saturated heterocycles. The molecule has 0 saturated carbocycles. The number of imidazole rings is 1. The van der Waals surface area contributed by atoms with E-state index in [1.807, 2.05) is 54.3 Å². The average molecular weight is 426 g/mol. The van der Waals surface area contributed by atoms with Gasteiger partial charge in [0, 0.05) is 31.1 Å². The fraction of sp³-hybridized carbons (Fsp3) is 0.259. The van der Waals surface area contributed by atoms with Gasteiger partial charge in [-0.25, -0.2) is 4.98 Å². The van der Waals surface area contributed by atoms with Crippen molar-refractivity contribution in [3.63, 3.8) is 0 Å². The number of hydrogen-bond acceptors (Lipinski definition) is 3. The number of benzene rings is 3. The smallest absolute Gasteiger partial charge is 0.227 e. The first kappa shape index (κ1) is 20.3. The predicted octanol–water partition coefficient (Wildman–Crippen LogP) is 5.31. The number of fused-ring (bicyclic) bond motifs is 1. The van der Waals surface area contributed by atoms with E-state index in [1.165, 1.54) is 11.1 Å². The number of rotatable bonds is 6. The van der Waals surface area contributed by atoms with Gasteiger partial charge in [-0.15, -0.1) is 0 Å². The molecule has 4 aromatic rings. The van der Waals surface area contributed by atoms with Gasteiger partial charge in [-0.2, -0.15) is 0 Å². The molecule has 5 heteroatoms. The standard InChI is InChI=1S/C27H27N3O2/c1-3-32-23-14-12-22(13-15-23)29-18-21(16-26(29)31)27-28-24-6-4-5-7-25(24)30(27)17-20-10-8-19(2)9-11-20/h4-15,21H,3,16-18H2,1-2H3. The summed E-state index contributed by atoms with van der Waals surface area (Å²) < 4.78 is 7.81. The zero-order valence-corrected chi connectivity index (χ0v) is 18.5. The zero-order chi connectivity index (χ0) is 22.1. The molecule has 0 aliphatic carbocycles. The van der Waals surface area contributed by atoms with Crippen LogP contribution in [0.25, 0.3) is 11.0 Å². The molecule has 0 bridgehead atoms. The third-order valence-electron chi connectivity index (χ3n) is 6.09. The number of amides is 1. The summed E-state index contributed by atoms with van der Waals surface area (Å²) in [5.74, 6) is 1.98. The Labute approximate surface area is 188 Å². The van der Waals surface area contributed by atoms with Crippen molar-refractivity contribution in [1.82, 2.24) is 9.55 Å². The Morgan fingerprint density at radius 3 is 2.50 bits per heavy atom. The van der Waals surface area contributed by atoms with E-state index in [9.17, 15) is 4.79 Å². The molecule has 1 fully saturated rings. The van der Waals surface area contributed by atoms with Gasteiger partial charge in [0.15, 0.2) is 0 Å². The van der Waals surface area contributed by atoms with Crippen LogP contribution in [0, 0.1) is 6.92 Å². The highest BCUT2D eigenvalue weighted by molar-refractivity contribution is 5.96. The van der Waals surface area contributed by atoms with Gasteiger partial charge >= 0.3 is 0 Å². The van der Waals surface area contributed by atoms with Crippen LogP contribution in [-0.4, -0.2) is 28.6 Å². The predicted molar refractivity (Wildman–Crippen MR) is 127 cm³/mol.